The van der Waals surface area contributed by atoms with Gasteiger partial charge in [0.25, 0.3) is 0 Å². The minimum atomic E-state index is -0.659. The summed E-state index contributed by atoms with van der Waals surface area (Å²) in [6, 6.07) is 19.8. The van der Waals surface area contributed by atoms with Gasteiger partial charge < -0.3 is 9.84 Å². The zero-order chi connectivity index (χ0) is 18.5. The van der Waals surface area contributed by atoms with Crippen molar-refractivity contribution < 1.29 is 14.6 Å². The Bertz CT molecular complexity index is 988. The highest BCUT2D eigenvalue weighted by atomic mass is 35.5. The predicted octanol–water partition coefficient (Wildman–Crippen LogP) is 5.05. The monoisotopic (exact) mass is 362 g/mol. The summed E-state index contributed by atoms with van der Waals surface area (Å²) in [5.74, 6) is 1.57. The molecule has 0 spiro atoms. The van der Waals surface area contributed by atoms with Gasteiger partial charge in [0, 0.05) is 5.56 Å². The summed E-state index contributed by atoms with van der Waals surface area (Å²) in [5, 5.41) is 10.2. The summed E-state index contributed by atoms with van der Waals surface area (Å²) in [6.45, 7) is 0.0426. The van der Waals surface area contributed by atoms with Crippen molar-refractivity contribution in [3.8, 4) is 29.2 Å². The Morgan fingerprint density at radius 1 is 1.04 bits per heavy atom. The highest BCUT2D eigenvalue weighted by Gasteiger charge is 2.18. The van der Waals surface area contributed by atoms with Crippen LogP contribution in [0.4, 0.5) is 0 Å². The lowest BCUT2D eigenvalue weighted by molar-refractivity contribution is 0.0469. The third kappa shape index (κ3) is 3.88. The van der Waals surface area contributed by atoms with Crippen LogP contribution in [0.25, 0.3) is 11.1 Å². The number of halogens is 1. The van der Waals surface area contributed by atoms with E-state index in [1.54, 1.807) is 36.4 Å². The minimum Gasteiger partial charge on any atom is -0.505 e. The number of aromatic hydroxyl groups is 1. The normalized spacial score (nSPS) is 10.2. The van der Waals surface area contributed by atoms with E-state index in [4.69, 9.17) is 22.8 Å². The Labute approximate surface area is 156 Å². The first-order valence-electron chi connectivity index (χ1n) is 7.89. The van der Waals surface area contributed by atoms with Crippen LogP contribution in [0.3, 0.4) is 0 Å². The van der Waals surface area contributed by atoms with E-state index in [1.165, 1.54) is 0 Å². The van der Waals surface area contributed by atoms with Crippen molar-refractivity contribution >= 4 is 17.6 Å². The maximum atomic E-state index is 12.4. The number of ether oxygens (including phenoxy) is 1. The lowest BCUT2D eigenvalue weighted by Gasteiger charge is -2.10. The zero-order valence-corrected chi connectivity index (χ0v) is 14.5. The molecular formula is C22H15ClO3. The number of rotatable bonds is 4. The quantitative estimate of drug-likeness (QED) is 0.521. The van der Waals surface area contributed by atoms with Gasteiger partial charge in [-0.3, -0.25) is 0 Å². The molecule has 3 aromatic carbocycles. The number of terminal acetylenes is 1. The third-order valence-electron chi connectivity index (χ3n) is 3.85. The van der Waals surface area contributed by atoms with Gasteiger partial charge >= 0.3 is 5.97 Å². The third-order valence-corrected chi connectivity index (χ3v) is 4.14. The van der Waals surface area contributed by atoms with E-state index < -0.39 is 5.97 Å². The molecule has 26 heavy (non-hydrogen) atoms. The topological polar surface area (TPSA) is 46.5 Å². The van der Waals surface area contributed by atoms with Gasteiger partial charge in [-0.05, 0) is 41.0 Å². The van der Waals surface area contributed by atoms with E-state index >= 15 is 0 Å². The van der Waals surface area contributed by atoms with Gasteiger partial charge in [0.2, 0.25) is 0 Å². The lowest BCUT2D eigenvalue weighted by Crippen LogP contribution is -2.06. The molecule has 3 rings (SSSR count). The second kappa shape index (κ2) is 7.77. The molecule has 0 fully saturated rings. The fourth-order valence-corrected chi connectivity index (χ4v) is 2.75. The summed E-state index contributed by atoms with van der Waals surface area (Å²) in [4.78, 5) is 12.4. The largest absolute Gasteiger partial charge is 0.505 e. The lowest BCUT2D eigenvalue weighted by atomic mass is 10.0. The van der Waals surface area contributed by atoms with E-state index in [9.17, 15) is 9.90 Å². The molecule has 1 N–H and O–H groups in total. The Morgan fingerprint density at radius 3 is 2.54 bits per heavy atom. The fourth-order valence-electron chi connectivity index (χ4n) is 2.53. The Kier molecular flexibility index (Phi) is 5.26. The molecule has 128 valence electrons. The molecule has 0 aromatic heterocycles. The van der Waals surface area contributed by atoms with Gasteiger partial charge in [0.15, 0.2) is 0 Å². The average molecular weight is 363 g/mol. The van der Waals surface area contributed by atoms with Gasteiger partial charge in [-0.2, -0.15) is 0 Å². The molecule has 0 aliphatic rings. The summed E-state index contributed by atoms with van der Waals surface area (Å²) in [5.41, 5.74) is 3.08. The van der Waals surface area contributed by atoms with Gasteiger partial charge in [-0.1, -0.05) is 60.0 Å². The van der Waals surface area contributed by atoms with Crippen LogP contribution >= 0.6 is 11.6 Å². The summed E-state index contributed by atoms with van der Waals surface area (Å²) in [6.07, 6.45) is 5.37. The van der Waals surface area contributed by atoms with Crippen LogP contribution in [0.2, 0.25) is 5.02 Å². The van der Waals surface area contributed by atoms with Gasteiger partial charge in [-0.25, -0.2) is 4.79 Å². The van der Waals surface area contributed by atoms with Crippen molar-refractivity contribution in [3.63, 3.8) is 0 Å². The first-order chi connectivity index (χ1) is 12.6. The molecule has 0 heterocycles. The number of carbonyl (C=O) groups is 1. The van der Waals surface area contributed by atoms with E-state index in [0.29, 0.717) is 5.56 Å². The SMILES string of the molecule is C#Cc1cccc(COC(=O)c2cc(-c3ccccc3)cc(Cl)c2O)c1. The molecule has 0 saturated carbocycles. The second-order valence-electron chi connectivity index (χ2n) is 5.64. The van der Waals surface area contributed by atoms with Crippen LogP contribution in [0.15, 0.2) is 66.7 Å². The van der Waals surface area contributed by atoms with Crippen LogP contribution in [0.1, 0.15) is 21.5 Å². The highest BCUT2D eigenvalue weighted by molar-refractivity contribution is 6.33. The number of carbonyl (C=O) groups excluding carboxylic acids is 1. The highest BCUT2D eigenvalue weighted by Crippen LogP contribution is 2.34. The first kappa shape index (κ1) is 17.6. The molecule has 0 atom stereocenters. The van der Waals surface area contributed by atoms with Gasteiger partial charge in [0.1, 0.15) is 17.9 Å². The van der Waals surface area contributed by atoms with Crippen molar-refractivity contribution in [1.29, 1.82) is 0 Å². The summed E-state index contributed by atoms with van der Waals surface area (Å²) in [7, 11) is 0. The Balaban J connectivity index is 1.84. The summed E-state index contributed by atoms with van der Waals surface area (Å²) < 4.78 is 5.31. The maximum Gasteiger partial charge on any atom is 0.342 e. The van der Waals surface area contributed by atoms with Crippen LogP contribution < -0.4 is 0 Å². The van der Waals surface area contributed by atoms with Gasteiger partial charge in [-0.15, -0.1) is 6.42 Å². The van der Waals surface area contributed by atoms with Gasteiger partial charge in [0.05, 0.1) is 5.02 Å². The standard InChI is InChI=1S/C22H15ClO3/c1-2-15-7-6-8-16(11-15)14-26-22(25)19-12-18(13-20(23)21(19)24)17-9-4-3-5-10-17/h1,3-13,24H,14H2. The molecule has 0 saturated heterocycles. The van der Waals surface area contributed by atoms with Crippen molar-refractivity contribution in [2.24, 2.45) is 0 Å². The number of phenols is 1. The van der Waals surface area contributed by atoms with Crippen molar-refractivity contribution in [2.45, 2.75) is 6.61 Å². The Morgan fingerprint density at radius 2 is 1.81 bits per heavy atom. The van der Waals surface area contributed by atoms with Crippen molar-refractivity contribution in [2.75, 3.05) is 0 Å². The van der Waals surface area contributed by atoms with Crippen LogP contribution in [-0.2, 0) is 11.3 Å². The van der Waals surface area contributed by atoms with Crippen LogP contribution in [0.5, 0.6) is 5.75 Å². The zero-order valence-electron chi connectivity index (χ0n) is 13.8. The molecule has 0 radical (unpaired) electrons. The molecule has 3 nitrogen and oxygen atoms in total. The van der Waals surface area contributed by atoms with E-state index in [0.717, 1.165) is 16.7 Å². The maximum absolute atomic E-state index is 12.4. The number of hydrogen-bond donors (Lipinski definition) is 1. The molecule has 4 heteroatoms. The number of hydrogen-bond acceptors (Lipinski definition) is 3. The van der Waals surface area contributed by atoms with Crippen LogP contribution in [-0.4, -0.2) is 11.1 Å². The molecule has 3 aromatic rings. The summed E-state index contributed by atoms with van der Waals surface area (Å²) >= 11 is 6.09. The van der Waals surface area contributed by atoms with E-state index in [1.807, 2.05) is 30.3 Å². The number of benzene rings is 3. The smallest absolute Gasteiger partial charge is 0.342 e. The number of esters is 1. The first-order valence-corrected chi connectivity index (χ1v) is 8.27. The minimum absolute atomic E-state index is 0.0180. The molecule has 0 unspecified atom stereocenters. The van der Waals surface area contributed by atoms with Crippen LogP contribution in [0, 0.1) is 12.3 Å². The fraction of sp³-hybridized carbons (Fsp3) is 0.0455. The second-order valence-corrected chi connectivity index (χ2v) is 6.05. The molecule has 0 aliphatic heterocycles. The van der Waals surface area contributed by atoms with Crippen molar-refractivity contribution in [1.82, 2.24) is 0 Å². The van der Waals surface area contributed by atoms with E-state index in [2.05, 4.69) is 5.92 Å². The molecule has 0 amide bonds. The Hall–Kier alpha value is -3.22. The average Bonchev–Trinajstić information content (AvgIpc) is 2.69. The molecular weight excluding hydrogens is 348 g/mol. The molecule has 0 bridgehead atoms. The molecule has 0 aliphatic carbocycles. The van der Waals surface area contributed by atoms with E-state index in [-0.39, 0.29) is 22.9 Å². The van der Waals surface area contributed by atoms with Crippen molar-refractivity contribution in [3.05, 3.63) is 88.4 Å². The predicted molar refractivity (Wildman–Crippen MR) is 102 cm³/mol. The number of phenolic OH excluding ortho intramolecular Hbond substituents is 1.